The SMILES string of the molecule is CC(C)Oc1cc(NC2CCCC2)nc(-c2ccccc2)n1. The van der Waals surface area contributed by atoms with Crippen molar-refractivity contribution in [3.05, 3.63) is 36.4 Å². The highest BCUT2D eigenvalue weighted by atomic mass is 16.5. The summed E-state index contributed by atoms with van der Waals surface area (Å²) in [6.45, 7) is 4.02. The van der Waals surface area contributed by atoms with Gasteiger partial charge in [0.1, 0.15) is 5.82 Å². The molecule has 116 valence electrons. The lowest BCUT2D eigenvalue weighted by Gasteiger charge is -2.16. The predicted molar refractivity (Wildman–Crippen MR) is 89.1 cm³/mol. The predicted octanol–water partition coefficient (Wildman–Crippen LogP) is 4.29. The molecule has 1 fully saturated rings. The smallest absolute Gasteiger partial charge is 0.219 e. The third-order valence-corrected chi connectivity index (χ3v) is 3.80. The number of benzene rings is 1. The normalized spacial score (nSPS) is 15.2. The van der Waals surface area contributed by atoms with Crippen LogP contribution in [0.3, 0.4) is 0 Å². The molecule has 1 aliphatic carbocycles. The van der Waals surface area contributed by atoms with Crippen LogP contribution in [0.5, 0.6) is 5.88 Å². The van der Waals surface area contributed by atoms with Crippen LogP contribution in [0.25, 0.3) is 11.4 Å². The van der Waals surface area contributed by atoms with E-state index in [1.165, 1.54) is 25.7 Å². The average molecular weight is 297 g/mol. The Kier molecular flexibility index (Phi) is 4.56. The summed E-state index contributed by atoms with van der Waals surface area (Å²) in [6, 6.07) is 12.5. The van der Waals surface area contributed by atoms with Crippen molar-refractivity contribution in [3.8, 4) is 17.3 Å². The molecule has 1 saturated carbocycles. The first-order chi connectivity index (χ1) is 10.7. The lowest BCUT2D eigenvalue weighted by atomic mass is 10.2. The third kappa shape index (κ3) is 3.75. The molecule has 1 N–H and O–H groups in total. The van der Waals surface area contributed by atoms with Crippen molar-refractivity contribution in [1.29, 1.82) is 0 Å². The summed E-state index contributed by atoms with van der Waals surface area (Å²) in [7, 11) is 0. The molecule has 22 heavy (non-hydrogen) atoms. The Morgan fingerprint density at radius 2 is 1.82 bits per heavy atom. The molecule has 1 aromatic carbocycles. The van der Waals surface area contributed by atoms with E-state index in [9.17, 15) is 0 Å². The highest BCUT2D eigenvalue weighted by Crippen LogP contribution is 2.25. The summed E-state index contributed by atoms with van der Waals surface area (Å²) in [5.41, 5.74) is 1.01. The Morgan fingerprint density at radius 3 is 2.50 bits per heavy atom. The summed E-state index contributed by atoms with van der Waals surface area (Å²) < 4.78 is 5.79. The summed E-state index contributed by atoms with van der Waals surface area (Å²) in [6.07, 6.45) is 5.11. The number of rotatable bonds is 5. The van der Waals surface area contributed by atoms with Gasteiger partial charge in [0, 0.05) is 17.7 Å². The molecule has 0 amide bonds. The van der Waals surface area contributed by atoms with E-state index in [1.54, 1.807) is 0 Å². The van der Waals surface area contributed by atoms with Crippen molar-refractivity contribution < 1.29 is 4.74 Å². The Bertz CT molecular complexity index is 607. The van der Waals surface area contributed by atoms with E-state index in [0.717, 1.165) is 11.4 Å². The number of ether oxygens (including phenoxy) is 1. The van der Waals surface area contributed by atoms with Gasteiger partial charge in [-0.3, -0.25) is 0 Å². The van der Waals surface area contributed by atoms with Gasteiger partial charge in [0.15, 0.2) is 5.82 Å². The van der Waals surface area contributed by atoms with Crippen LogP contribution in [-0.4, -0.2) is 22.1 Å². The zero-order valence-electron chi connectivity index (χ0n) is 13.2. The monoisotopic (exact) mass is 297 g/mol. The molecule has 4 heteroatoms. The zero-order valence-corrected chi connectivity index (χ0v) is 13.2. The molecule has 0 spiro atoms. The van der Waals surface area contributed by atoms with Crippen LogP contribution in [0.1, 0.15) is 39.5 Å². The molecule has 0 bridgehead atoms. The average Bonchev–Trinajstić information content (AvgIpc) is 3.00. The Labute approximate surface area is 132 Å². The third-order valence-electron chi connectivity index (χ3n) is 3.80. The molecule has 0 saturated heterocycles. The molecule has 1 aromatic heterocycles. The van der Waals surface area contributed by atoms with Gasteiger partial charge in [0.05, 0.1) is 6.10 Å². The van der Waals surface area contributed by atoms with E-state index in [-0.39, 0.29) is 6.10 Å². The van der Waals surface area contributed by atoms with Gasteiger partial charge in [-0.15, -0.1) is 0 Å². The van der Waals surface area contributed by atoms with Crippen LogP contribution in [0.4, 0.5) is 5.82 Å². The maximum atomic E-state index is 5.79. The van der Waals surface area contributed by atoms with E-state index in [1.807, 2.05) is 50.2 Å². The molecular weight excluding hydrogens is 274 g/mol. The van der Waals surface area contributed by atoms with Crippen molar-refractivity contribution in [2.24, 2.45) is 0 Å². The van der Waals surface area contributed by atoms with Crippen molar-refractivity contribution >= 4 is 5.82 Å². The summed E-state index contributed by atoms with van der Waals surface area (Å²) in [4.78, 5) is 9.22. The van der Waals surface area contributed by atoms with Crippen LogP contribution in [-0.2, 0) is 0 Å². The largest absolute Gasteiger partial charge is 0.475 e. The molecule has 3 rings (SSSR count). The van der Waals surface area contributed by atoms with Crippen LogP contribution < -0.4 is 10.1 Å². The minimum absolute atomic E-state index is 0.0952. The highest BCUT2D eigenvalue weighted by molar-refractivity contribution is 5.58. The molecule has 0 atom stereocenters. The van der Waals surface area contributed by atoms with E-state index in [4.69, 9.17) is 4.74 Å². The fraction of sp³-hybridized carbons (Fsp3) is 0.444. The number of hydrogen-bond acceptors (Lipinski definition) is 4. The molecule has 0 unspecified atom stereocenters. The fourth-order valence-electron chi connectivity index (χ4n) is 2.80. The zero-order chi connectivity index (χ0) is 15.4. The Hall–Kier alpha value is -2.10. The Balaban J connectivity index is 1.90. The van der Waals surface area contributed by atoms with Gasteiger partial charge in [0.2, 0.25) is 5.88 Å². The van der Waals surface area contributed by atoms with Crippen molar-refractivity contribution in [1.82, 2.24) is 9.97 Å². The summed E-state index contributed by atoms with van der Waals surface area (Å²) in [5, 5.41) is 3.53. The number of nitrogens with one attached hydrogen (secondary N) is 1. The summed E-state index contributed by atoms with van der Waals surface area (Å²) >= 11 is 0. The van der Waals surface area contributed by atoms with Crippen LogP contribution in [0.15, 0.2) is 36.4 Å². The molecule has 4 nitrogen and oxygen atoms in total. The van der Waals surface area contributed by atoms with Crippen LogP contribution in [0.2, 0.25) is 0 Å². The minimum atomic E-state index is 0.0952. The van der Waals surface area contributed by atoms with Crippen molar-refractivity contribution in [3.63, 3.8) is 0 Å². The minimum Gasteiger partial charge on any atom is -0.475 e. The standard InChI is InChI=1S/C18H23N3O/c1-13(2)22-17-12-16(19-15-10-6-7-11-15)20-18(21-17)14-8-4-3-5-9-14/h3-5,8-9,12-13,15H,6-7,10-11H2,1-2H3,(H,19,20,21). The molecule has 2 aromatic rings. The van der Waals surface area contributed by atoms with Gasteiger partial charge in [-0.2, -0.15) is 4.98 Å². The molecular formula is C18H23N3O. The first kappa shape index (κ1) is 14.8. The Morgan fingerprint density at radius 1 is 1.09 bits per heavy atom. The van der Waals surface area contributed by atoms with Gasteiger partial charge in [-0.1, -0.05) is 43.2 Å². The second-order valence-corrected chi connectivity index (χ2v) is 6.07. The van der Waals surface area contributed by atoms with Gasteiger partial charge < -0.3 is 10.1 Å². The first-order valence-electron chi connectivity index (χ1n) is 8.08. The van der Waals surface area contributed by atoms with Crippen molar-refractivity contribution in [2.45, 2.75) is 51.7 Å². The second kappa shape index (κ2) is 6.77. The topological polar surface area (TPSA) is 47.0 Å². The molecule has 0 aliphatic heterocycles. The van der Waals surface area contributed by atoms with Gasteiger partial charge in [-0.05, 0) is 26.7 Å². The van der Waals surface area contributed by atoms with E-state index in [0.29, 0.717) is 17.7 Å². The number of anilines is 1. The molecule has 1 aliphatic rings. The van der Waals surface area contributed by atoms with Crippen LogP contribution in [0, 0.1) is 0 Å². The van der Waals surface area contributed by atoms with Crippen LogP contribution >= 0.6 is 0 Å². The maximum absolute atomic E-state index is 5.79. The molecule has 1 heterocycles. The lowest BCUT2D eigenvalue weighted by Crippen LogP contribution is -2.16. The van der Waals surface area contributed by atoms with E-state index in [2.05, 4.69) is 15.3 Å². The lowest BCUT2D eigenvalue weighted by molar-refractivity contribution is 0.232. The van der Waals surface area contributed by atoms with Gasteiger partial charge in [0.25, 0.3) is 0 Å². The van der Waals surface area contributed by atoms with Crippen molar-refractivity contribution in [2.75, 3.05) is 5.32 Å². The highest BCUT2D eigenvalue weighted by Gasteiger charge is 2.16. The van der Waals surface area contributed by atoms with Gasteiger partial charge in [-0.25, -0.2) is 4.98 Å². The van der Waals surface area contributed by atoms with E-state index >= 15 is 0 Å². The fourth-order valence-corrected chi connectivity index (χ4v) is 2.80. The number of aromatic nitrogens is 2. The summed E-state index contributed by atoms with van der Waals surface area (Å²) in [5.74, 6) is 2.19. The quantitative estimate of drug-likeness (QED) is 0.894. The first-order valence-corrected chi connectivity index (χ1v) is 8.08. The van der Waals surface area contributed by atoms with Gasteiger partial charge >= 0.3 is 0 Å². The number of hydrogen-bond donors (Lipinski definition) is 1. The maximum Gasteiger partial charge on any atom is 0.219 e. The number of nitrogens with zero attached hydrogens (tertiary/aromatic N) is 2. The molecule has 0 radical (unpaired) electrons. The second-order valence-electron chi connectivity index (χ2n) is 6.07. The van der Waals surface area contributed by atoms with E-state index < -0.39 is 0 Å².